The van der Waals surface area contributed by atoms with Crippen LogP contribution in [-0.2, 0) is 4.74 Å². The molecule has 0 aromatic carbocycles. The summed E-state index contributed by atoms with van der Waals surface area (Å²) in [5.74, 6) is 1.62. The number of ether oxygens (including phenoxy) is 1. The lowest BCUT2D eigenvalue weighted by Crippen LogP contribution is -2.42. The van der Waals surface area contributed by atoms with E-state index in [9.17, 15) is 0 Å². The van der Waals surface area contributed by atoms with Crippen molar-refractivity contribution < 1.29 is 4.74 Å². The molecule has 1 saturated carbocycles. The first-order valence-corrected chi connectivity index (χ1v) is 8.02. The van der Waals surface area contributed by atoms with Gasteiger partial charge in [-0.25, -0.2) is 0 Å². The Hall–Kier alpha value is -0.0800. The van der Waals surface area contributed by atoms with E-state index in [4.69, 9.17) is 4.74 Å². The SMILES string of the molecule is CCNC(C(C)CCOC)C1CCCCCCC1. The summed E-state index contributed by atoms with van der Waals surface area (Å²) in [4.78, 5) is 0. The first-order valence-electron chi connectivity index (χ1n) is 8.02. The summed E-state index contributed by atoms with van der Waals surface area (Å²) in [6.45, 7) is 6.62. The Labute approximate surface area is 114 Å². The maximum atomic E-state index is 5.25. The van der Waals surface area contributed by atoms with Gasteiger partial charge < -0.3 is 10.1 Å². The molecule has 0 saturated heterocycles. The minimum Gasteiger partial charge on any atom is -0.385 e. The van der Waals surface area contributed by atoms with Crippen molar-refractivity contribution in [1.82, 2.24) is 5.32 Å². The normalized spacial score (nSPS) is 22.2. The molecule has 0 aromatic heterocycles. The van der Waals surface area contributed by atoms with Gasteiger partial charge in [0.1, 0.15) is 0 Å². The van der Waals surface area contributed by atoms with Crippen LogP contribution in [0.15, 0.2) is 0 Å². The molecule has 2 atom stereocenters. The van der Waals surface area contributed by atoms with Gasteiger partial charge in [-0.1, -0.05) is 46.0 Å². The standard InChI is InChI=1S/C16H33NO/c1-4-17-16(14(2)12-13-18-3)15-10-8-6-5-7-9-11-15/h14-17H,4-13H2,1-3H3. The lowest BCUT2D eigenvalue weighted by molar-refractivity contribution is 0.151. The van der Waals surface area contributed by atoms with Crippen LogP contribution >= 0.6 is 0 Å². The van der Waals surface area contributed by atoms with E-state index in [2.05, 4.69) is 19.2 Å². The summed E-state index contributed by atoms with van der Waals surface area (Å²) < 4.78 is 5.25. The third-order valence-corrected chi connectivity index (χ3v) is 4.49. The van der Waals surface area contributed by atoms with Gasteiger partial charge in [0, 0.05) is 19.8 Å². The van der Waals surface area contributed by atoms with Crippen molar-refractivity contribution in [2.24, 2.45) is 11.8 Å². The molecule has 2 unspecified atom stereocenters. The number of hydrogen-bond donors (Lipinski definition) is 1. The molecule has 1 rings (SSSR count). The van der Waals surface area contributed by atoms with Crippen LogP contribution in [0.1, 0.15) is 65.2 Å². The Bertz CT molecular complexity index is 188. The van der Waals surface area contributed by atoms with Crippen LogP contribution in [0.25, 0.3) is 0 Å². The Morgan fingerprint density at radius 1 is 1.11 bits per heavy atom. The van der Waals surface area contributed by atoms with E-state index < -0.39 is 0 Å². The van der Waals surface area contributed by atoms with Gasteiger partial charge in [0.25, 0.3) is 0 Å². The van der Waals surface area contributed by atoms with Crippen molar-refractivity contribution in [2.45, 2.75) is 71.3 Å². The van der Waals surface area contributed by atoms with Gasteiger partial charge in [0.15, 0.2) is 0 Å². The second-order valence-corrected chi connectivity index (χ2v) is 5.95. The molecule has 0 bridgehead atoms. The second-order valence-electron chi connectivity index (χ2n) is 5.95. The molecule has 0 amide bonds. The van der Waals surface area contributed by atoms with Crippen LogP contribution in [-0.4, -0.2) is 26.3 Å². The summed E-state index contributed by atoms with van der Waals surface area (Å²) in [5, 5.41) is 3.75. The molecule has 0 radical (unpaired) electrons. The molecule has 2 heteroatoms. The molecule has 0 aliphatic heterocycles. The second kappa shape index (κ2) is 9.80. The van der Waals surface area contributed by atoms with Crippen molar-refractivity contribution >= 4 is 0 Å². The van der Waals surface area contributed by atoms with Gasteiger partial charge in [0.2, 0.25) is 0 Å². The average molecular weight is 255 g/mol. The predicted molar refractivity (Wildman–Crippen MR) is 78.9 cm³/mol. The number of hydrogen-bond acceptors (Lipinski definition) is 2. The van der Waals surface area contributed by atoms with E-state index in [1.54, 1.807) is 0 Å². The zero-order valence-corrected chi connectivity index (χ0v) is 12.7. The van der Waals surface area contributed by atoms with E-state index in [-0.39, 0.29) is 0 Å². The average Bonchev–Trinajstić information content (AvgIpc) is 2.33. The van der Waals surface area contributed by atoms with Crippen molar-refractivity contribution in [3.8, 4) is 0 Å². The van der Waals surface area contributed by atoms with Gasteiger partial charge in [-0.3, -0.25) is 0 Å². The van der Waals surface area contributed by atoms with E-state index >= 15 is 0 Å². The maximum absolute atomic E-state index is 5.25. The third kappa shape index (κ3) is 5.71. The van der Waals surface area contributed by atoms with Gasteiger partial charge in [-0.05, 0) is 37.6 Å². The zero-order chi connectivity index (χ0) is 13.2. The topological polar surface area (TPSA) is 21.3 Å². The summed E-state index contributed by atoms with van der Waals surface area (Å²) in [5.41, 5.74) is 0. The summed E-state index contributed by atoms with van der Waals surface area (Å²) in [6.07, 6.45) is 11.3. The zero-order valence-electron chi connectivity index (χ0n) is 12.7. The summed E-state index contributed by atoms with van der Waals surface area (Å²) in [6, 6.07) is 0.697. The fourth-order valence-corrected chi connectivity index (χ4v) is 3.40. The van der Waals surface area contributed by atoms with E-state index in [0.717, 1.165) is 25.0 Å². The molecule has 0 aromatic rings. The van der Waals surface area contributed by atoms with Crippen LogP contribution in [0.2, 0.25) is 0 Å². The smallest absolute Gasteiger partial charge is 0.0465 e. The molecule has 18 heavy (non-hydrogen) atoms. The van der Waals surface area contributed by atoms with E-state index in [0.29, 0.717) is 6.04 Å². The molecule has 1 aliphatic rings. The van der Waals surface area contributed by atoms with E-state index in [1.165, 1.54) is 51.4 Å². The lowest BCUT2D eigenvalue weighted by atomic mass is 9.80. The Morgan fingerprint density at radius 2 is 1.72 bits per heavy atom. The molecule has 1 aliphatic carbocycles. The third-order valence-electron chi connectivity index (χ3n) is 4.49. The van der Waals surface area contributed by atoms with Crippen molar-refractivity contribution in [1.29, 1.82) is 0 Å². The van der Waals surface area contributed by atoms with Crippen LogP contribution in [0.3, 0.4) is 0 Å². The van der Waals surface area contributed by atoms with Crippen molar-refractivity contribution in [2.75, 3.05) is 20.3 Å². The highest BCUT2D eigenvalue weighted by Gasteiger charge is 2.25. The Morgan fingerprint density at radius 3 is 2.28 bits per heavy atom. The van der Waals surface area contributed by atoms with E-state index in [1.807, 2.05) is 7.11 Å². The molecular weight excluding hydrogens is 222 g/mol. The molecule has 108 valence electrons. The van der Waals surface area contributed by atoms with Crippen LogP contribution in [0, 0.1) is 11.8 Å². The lowest BCUT2D eigenvalue weighted by Gasteiger charge is -2.34. The number of rotatable bonds is 7. The molecule has 1 N–H and O–H groups in total. The summed E-state index contributed by atoms with van der Waals surface area (Å²) >= 11 is 0. The Balaban J connectivity index is 2.50. The molecule has 1 fully saturated rings. The molecule has 0 spiro atoms. The minimum atomic E-state index is 0.697. The largest absolute Gasteiger partial charge is 0.385 e. The van der Waals surface area contributed by atoms with Gasteiger partial charge >= 0.3 is 0 Å². The van der Waals surface area contributed by atoms with Crippen LogP contribution in [0.5, 0.6) is 0 Å². The van der Waals surface area contributed by atoms with Gasteiger partial charge in [-0.15, -0.1) is 0 Å². The molecular formula is C16H33NO. The van der Waals surface area contributed by atoms with Crippen LogP contribution < -0.4 is 5.32 Å². The first-order chi connectivity index (χ1) is 8.79. The summed E-state index contributed by atoms with van der Waals surface area (Å²) in [7, 11) is 1.81. The monoisotopic (exact) mass is 255 g/mol. The highest BCUT2D eigenvalue weighted by molar-refractivity contribution is 4.82. The fraction of sp³-hybridized carbons (Fsp3) is 1.00. The molecule has 2 nitrogen and oxygen atoms in total. The quantitative estimate of drug-likeness (QED) is 0.742. The fourth-order valence-electron chi connectivity index (χ4n) is 3.40. The first kappa shape index (κ1) is 16.0. The van der Waals surface area contributed by atoms with Crippen molar-refractivity contribution in [3.05, 3.63) is 0 Å². The minimum absolute atomic E-state index is 0.697. The maximum Gasteiger partial charge on any atom is 0.0465 e. The number of nitrogens with one attached hydrogen (secondary N) is 1. The van der Waals surface area contributed by atoms with Crippen molar-refractivity contribution in [3.63, 3.8) is 0 Å². The Kier molecular flexibility index (Phi) is 8.70. The predicted octanol–water partition coefficient (Wildman–Crippen LogP) is 4.00. The van der Waals surface area contributed by atoms with Gasteiger partial charge in [0.05, 0.1) is 0 Å². The van der Waals surface area contributed by atoms with Crippen LogP contribution in [0.4, 0.5) is 0 Å². The number of methoxy groups -OCH3 is 1. The molecule has 0 heterocycles. The van der Waals surface area contributed by atoms with Gasteiger partial charge in [-0.2, -0.15) is 0 Å². The highest BCUT2D eigenvalue weighted by Crippen LogP contribution is 2.29. The highest BCUT2D eigenvalue weighted by atomic mass is 16.5.